The Kier molecular flexibility index (Phi) is 3.81. The van der Waals surface area contributed by atoms with Gasteiger partial charge in [0.1, 0.15) is 11.7 Å². The van der Waals surface area contributed by atoms with Gasteiger partial charge in [-0.25, -0.2) is 10.0 Å². The van der Waals surface area contributed by atoms with Crippen molar-refractivity contribution in [2.24, 2.45) is 5.92 Å². The van der Waals surface area contributed by atoms with Crippen molar-refractivity contribution in [2.75, 3.05) is 18.5 Å². The van der Waals surface area contributed by atoms with Crippen molar-refractivity contribution in [3.63, 3.8) is 0 Å². The molecule has 2 aliphatic rings. The number of esters is 1. The van der Waals surface area contributed by atoms with Gasteiger partial charge < -0.3 is 20.0 Å². The van der Waals surface area contributed by atoms with Crippen LogP contribution in [0.3, 0.4) is 0 Å². The summed E-state index contributed by atoms with van der Waals surface area (Å²) in [5, 5.41) is 22.7. The standard InChI is InChI=1S/C14H18N2O5/c1-2-20-14(17)12-9-6-7-21-13(9)8-4-3-5-10(16(18)19)11(8)15-12/h3-5,9,12-13,15-16,18H,2,6-7H2,1H3. The number of quaternary nitrogens is 1. The van der Waals surface area contributed by atoms with E-state index < -0.39 is 11.3 Å². The number of carbonyl (C=O) groups is 1. The number of rotatable bonds is 3. The molecule has 114 valence electrons. The molecule has 1 saturated heterocycles. The SMILES string of the molecule is CCOC(=O)C1Nc2c(cccc2[NH+]([O-])O)C2OCCC12. The van der Waals surface area contributed by atoms with Crippen molar-refractivity contribution >= 4 is 17.3 Å². The molecule has 0 aliphatic carbocycles. The molecule has 0 spiro atoms. The summed E-state index contributed by atoms with van der Waals surface area (Å²) in [4.78, 5) is 12.1. The molecule has 0 bridgehead atoms. The van der Waals surface area contributed by atoms with Gasteiger partial charge in [-0.2, -0.15) is 5.23 Å². The van der Waals surface area contributed by atoms with Gasteiger partial charge in [0.2, 0.25) is 0 Å². The lowest BCUT2D eigenvalue weighted by Gasteiger charge is -2.35. The fraction of sp³-hybridized carbons (Fsp3) is 0.500. The molecule has 2 heterocycles. The second kappa shape index (κ2) is 5.61. The normalized spacial score (nSPS) is 28.2. The molecule has 4 unspecified atom stereocenters. The maximum absolute atomic E-state index is 12.1. The minimum Gasteiger partial charge on any atom is -0.595 e. The fourth-order valence-electron chi connectivity index (χ4n) is 3.14. The van der Waals surface area contributed by atoms with Crippen LogP contribution in [0.2, 0.25) is 0 Å². The van der Waals surface area contributed by atoms with Crippen LogP contribution in [0.1, 0.15) is 25.0 Å². The van der Waals surface area contributed by atoms with Crippen LogP contribution in [0, 0.1) is 11.1 Å². The Bertz CT molecular complexity index is 548. The molecule has 0 radical (unpaired) electrons. The number of hydrogen-bond acceptors (Lipinski definition) is 6. The Morgan fingerprint density at radius 2 is 2.43 bits per heavy atom. The monoisotopic (exact) mass is 294 g/mol. The van der Waals surface area contributed by atoms with E-state index >= 15 is 0 Å². The molecule has 1 fully saturated rings. The zero-order chi connectivity index (χ0) is 15.0. The van der Waals surface area contributed by atoms with E-state index in [0.717, 1.165) is 12.0 Å². The molecular weight excluding hydrogens is 276 g/mol. The van der Waals surface area contributed by atoms with Crippen LogP contribution in [-0.4, -0.2) is 30.4 Å². The number of fused-ring (bicyclic) bond motifs is 3. The topological polar surface area (TPSA) is 95.3 Å². The number of anilines is 1. The predicted octanol–water partition coefficient (Wildman–Crippen LogP) is 0.525. The molecule has 2 aliphatic heterocycles. The summed E-state index contributed by atoms with van der Waals surface area (Å²) in [5.41, 5.74) is 1.42. The first-order chi connectivity index (χ1) is 10.1. The Labute approximate surface area is 122 Å². The minimum absolute atomic E-state index is 0.0272. The third-order valence-electron chi connectivity index (χ3n) is 4.04. The van der Waals surface area contributed by atoms with Crippen molar-refractivity contribution < 1.29 is 24.7 Å². The molecular formula is C14H18N2O5. The van der Waals surface area contributed by atoms with Gasteiger partial charge in [-0.05, 0) is 13.3 Å². The Hall–Kier alpha value is -1.67. The van der Waals surface area contributed by atoms with E-state index in [1.807, 2.05) is 6.07 Å². The number of nitrogens with one attached hydrogen (secondary N) is 2. The van der Waals surface area contributed by atoms with Crippen molar-refractivity contribution in [1.29, 1.82) is 0 Å². The summed E-state index contributed by atoms with van der Waals surface area (Å²) < 4.78 is 10.8. The predicted molar refractivity (Wildman–Crippen MR) is 73.1 cm³/mol. The van der Waals surface area contributed by atoms with Crippen LogP contribution in [-0.2, 0) is 14.3 Å². The Morgan fingerprint density at radius 3 is 3.14 bits per heavy atom. The van der Waals surface area contributed by atoms with Crippen LogP contribution in [0.5, 0.6) is 0 Å². The highest BCUT2D eigenvalue weighted by Gasteiger charge is 2.45. The highest BCUT2D eigenvalue weighted by atomic mass is 16.8. The van der Waals surface area contributed by atoms with Crippen LogP contribution in [0.25, 0.3) is 0 Å². The van der Waals surface area contributed by atoms with Gasteiger partial charge in [0.25, 0.3) is 0 Å². The zero-order valence-electron chi connectivity index (χ0n) is 11.7. The molecule has 21 heavy (non-hydrogen) atoms. The van der Waals surface area contributed by atoms with Gasteiger partial charge in [0, 0.05) is 24.2 Å². The number of ether oxygens (including phenoxy) is 2. The molecule has 4 atom stereocenters. The lowest BCUT2D eigenvalue weighted by molar-refractivity contribution is -0.990. The summed E-state index contributed by atoms with van der Waals surface area (Å²) >= 11 is 0. The summed E-state index contributed by atoms with van der Waals surface area (Å²) in [6.45, 7) is 2.60. The average Bonchev–Trinajstić information content (AvgIpc) is 2.95. The minimum atomic E-state index is -1.03. The molecule has 1 aromatic carbocycles. The lowest BCUT2D eigenvalue weighted by Crippen LogP contribution is -2.99. The lowest BCUT2D eigenvalue weighted by atomic mass is 9.84. The van der Waals surface area contributed by atoms with Gasteiger partial charge in [-0.15, -0.1) is 0 Å². The molecule has 7 heteroatoms. The summed E-state index contributed by atoms with van der Waals surface area (Å²) in [5.74, 6) is -0.385. The second-order valence-electron chi connectivity index (χ2n) is 5.19. The number of carbonyl (C=O) groups excluding carboxylic acids is 1. The number of hydrogen-bond donors (Lipinski definition) is 3. The van der Waals surface area contributed by atoms with Gasteiger partial charge in [0.05, 0.1) is 12.7 Å². The average molecular weight is 294 g/mol. The third-order valence-corrected chi connectivity index (χ3v) is 4.04. The van der Waals surface area contributed by atoms with Gasteiger partial charge in [-0.1, -0.05) is 12.1 Å². The van der Waals surface area contributed by atoms with Crippen molar-refractivity contribution in [3.05, 3.63) is 29.0 Å². The second-order valence-corrected chi connectivity index (χ2v) is 5.19. The summed E-state index contributed by atoms with van der Waals surface area (Å²) in [6.07, 6.45) is 0.493. The van der Waals surface area contributed by atoms with Crippen molar-refractivity contribution in [2.45, 2.75) is 25.5 Å². The Balaban J connectivity index is 2.02. The third kappa shape index (κ3) is 2.38. The maximum atomic E-state index is 12.1. The van der Waals surface area contributed by atoms with E-state index in [4.69, 9.17) is 9.47 Å². The van der Waals surface area contributed by atoms with Crippen molar-refractivity contribution in [3.8, 4) is 0 Å². The van der Waals surface area contributed by atoms with Crippen LogP contribution >= 0.6 is 0 Å². The maximum Gasteiger partial charge on any atom is 0.328 e. The Morgan fingerprint density at radius 1 is 1.62 bits per heavy atom. The summed E-state index contributed by atoms with van der Waals surface area (Å²) in [6, 6.07) is 4.50. The molecule has 0 aromatic heterocycles. The van der Waals surface area contributed by atoms with Crippen molar-refractivity contribution in [1.82, 2.24) is 0 Å². The molecule has 0 saturated carbocycles. The molecule has 1 aromatic rings. The van der Waals surface area contributed by atoms with E-state index in [1.165, 1.54) is 6.07 Å². The number of benzene rings is 1. The van der Waals surface area contributed by atoms with E-state index in [9.17, 15) is 15.2 Å². The smallest absolute Gasteiger partial charge is 0.328 e. The van der Waals surface area contributed by atoms with E-state index in [-0.39, 0.29) is 23.7 Å². The highest BCUT2D eigenvalue weighted by molar-refractivity contribution is 5.83. The highest BCUT2D eigenvalue weighted by Crippen LogP contribution is 2.46. The van der Waals surface area contributed by atoms with E-state index in [0.29, 0.717) is 18.9 Å². The fourth-order valence-corrected chi connectivity index (χ4v) is 3.14. The first-order valence-electron chi connectivity index (χ1n) is 7.04. The van der Waals surface area contributed by atoms with Gasteiger partial charge >= 0.3 is 5.97 Å². The first kappa shape index (κ1) is 14.3. The first-order valence-corrected chi connectivity index (χ1v) is 7.04. The largest absolute Gasteiger partial charge is 0.595 e. The van der Waals surface area contributed by atoms with Crippen LogP contribution < -0.4 is 10.5 Å². The number of para-hydroxylation sites is 1. The quantitative estimate of drug-likeness (QED) is 0.556. The van der Waals surface area contributed by atoms with Crippen LogP contribution in [0.4, 0.5) is 11.4 Å². The van der Waals surface area contributed by atoms with Gasteiger partial charge in [0.15, 0.2) is 5.69 Å². The van der Waals surface area contributed by atoms with E-state index in [1.54, 1.807) is 13.0 Å². The zero-order valence-corrected chi connectivity index (χ0v) is 11.7. The summed E-state index contributed by atoms with van der Waals surface area (Å²) in [7, 11) is 0. The molecule has 0 amide bonds. The molecule has 3 rings (SSSR count). The van der Waals surface area contributed by atoms with Gasteiger partial charge in [-0.3, -0.25) is 0 Å². The molecule has 7 nitrogen and oxygen atoms in total. The van der Waals surface area contributed by atoms with E-state index in [2.05, 4.69) is 5.32 Å². The van der Waals surface area contributed by atoms with Crippen LogP contribution in [0.15, 0.2) is 18.2 Å². The molecule has 3 N–H and O–H groups in total.